The van der Waals surface area contributed by atoms with Gasteiger partial charge in [-0.25, -0.2) is 0 Å². The van der Waals surface area contributed by atoms with Crippen LogP contribution in [0.25, 0.3) is 10.8 Å². The summed E-state index contributed by atoms with van der Waals surface area (Å²) in [4.78, 5) is 0. The van der Waals surface area contributed by atoms with E-state index in [4.69, 9.17) is 4.74 Å². The first kappa shape index (κ1) is 18.8. The molecule has 0 saturated carbocycles. The van der Waals surface area contributed by atoms with Gasteiger partial charge in [0.05, 0.1) is 0 Å². The molecule has 2 rings (SSSR count). The van der Waals surface area contributed by atoms with Crippen LogP contribution in [0, 0.1) is 0 Å². The summed E-state index contributed by atoms with van der Waals surface area (Å²) in [5, 5.41) is 15.8. The summed E-state index contributed by atoms with van der Waals surface area (Å²) in [6.07, 6.45) is 5.80. The van der Waals surface area contributed by atoms with Gasteiger partial charge >= 0.3 is 0 Å². The first-order chi connectivity index (χ1) is 11.7. The van der Waals surface area contributed by atoms with Crippen molar-refractivity contribution in [3.63, 3.8) is 0 Å². The van der Waals surface area contributed by atoms with Crippen molar-refractivity contribution in [2.24, 2.45) is 0 Å². The zero-order chi connectivity index (χ0) is 17.2. The monoisotopic (exact) mass is 329 g/mol. The van der Waals surface area contributed by atoms with Crippen LogP contribution >= 0.6 is 0 Å². The van der Waals surface area contributed by atoms with Crippen LogP contribution in [0.15, 0.2) is 42.5 Å². The molecular formula is C21H31NO2. The summed E-state index contributed by atoms with van der Waals surface area (Å²) in [5.74, 6) is 0.833. The predicted octanol–water partition coefficient (Wildman–Crippen LogP) is 4.53. The fraction of sp³-hybridized carbons (Fsp3) is 0.524. The standard InChI is InChI=1S/C21H31NO2/c1-3-4-5-6-10-17(2)22-15-19(23)16-24-21-14-9-12-18-11-7-8-13-20(18)21/h7-9,11-14,17,19,22-23H,3-6,10,15-16H2,1-2H3/t17-,19+/m0/s1. The van der Waals surface area contributed by atoms with Crippen molar-refractivity contribution in [3.05, 3.63) is 42.5 Å². The van der Waals surface area contributed by atoms with E-state index >= 15 is 0 Å². The van der Waals surface area contributed by atoms with E-state index in [-0.39, 0.29) is 0 Å². The molecule has 0 aromatic heterocycles. The van der Waals surface area contributed by atoms with Gasteiger partial charge in [-0.05, 0) is 24.8 Å². The third-order valence-corrected chi connectivity index (χ3v) is 4.37. The first-order valence-corrected chi connectivity index (χ1v) is 9.22. The molecule has 0 amide bonds. The van der Waals surface area contributed by atoms with E-state index in [1.165, 1.54) is 25.7 Å². The summed E-state index contributed by atoms with van der Waals surface area (Å²) < 4.78 is 5.84. The average molecular weight is 329 g/mol. The summed E-state index contributed by atoms with van der Waals surface area (Å²) >= 11 is 0. The van der Waals surface area contributed by atoms with Crippen LogP contribution < -0.4 is 10.1 Å². The minimum Gasteiger partial charge on any atom is -0.490 e. The third-order valence-electron chi connectivity index (χ3n) is 4.37. The van der Waals surface area contributed by atoms with Crippen LogP contribution in [0.4, 0.5) is 0 Å². The van der Waals surface area contributed by atoms with Gasteiger partial charge in [-0.3, -0.25) is 0 Å². The molecule has 0 aliphatic carbocycles. The molecule has 3 heteroatoms. The minimum atomic E-state index is -0.498. The molecule has 0 bridgehead atoms. The Kier molecular flexibility index (Phi) is 8.06. The highest BCUT2D eigenvalue weighted by Crippen LogP contribution is 2.25. The van der Waals surface area contributed by atoms with E-state index in [0.29, 0.717) is 19.2 Å². The van der Waals surface area contributed by atoms with Crippen molar-refractivity contribution in [2.45, 2.75) is 58.1 Å². The van der Waals surface area contributed by atoms with Gasteiger partial charge in [0, 0.05) is 18.0 Å². The average Bonchev–Trinajstić information content (AvgIpc) is 2.61. The maximum Gasteiger partial charge on any atom is 0.127 e. The van der Waals surface area contributed by atoms with Gasteiger partial charge in [-0.2, -0.15) is 0 Å². The number of nitrogens with one attached hydrogen (secondary N) is 1. The molecule has 0 unspecified atom stereocenters. The number of benzene rings is 2. The lowest BCUT2D eigenvalue weighted by Crippen LogP contribution is -2.36. The maximum absolute atomic E-state index is 10.2. The van der Waals surface area contributed by atoms with Crippen molar-refractivity contribution < 1.29 is 9.84 Å². The lowest BCUT2D eigenvalue weighted by atomic mass is 10.1. The van der Waals surface area contributed by atoms with Gasteiger partial charge in [-0.15, -0.1) is 0 Å². The summed E-state index contributed by atoms with van der Waals surface area (Å²) in [7, 11) is 0. The Morgan fingerprint density at radius 2 is 1.83 bits per heavy atom. The first-order valence-electron chi connectivity index (χ1n) is 9.22. The van der Waals surface area contributed by atoms with E-state index in [0.717, 1.165) is 22.9 Å². The highest BCUT2D eigenvalue weighted by Gasteiger charge is 2.09. The van der Waals surface area contributed by atoms with Crippen LogP contribution in [0.3, 0.4) is 0 Å². The van der Waals surface area contributed by atoms with Gasteiger partial charge in [0.1, 0.15) is 18.5 Å². The van der Waals surface area contributed by atoms with Gasteiger partial charge in [0.2, 0.25) is 0 Å². The predicted molar refractivity (Wildman–Crippen MR) is 102 cm³/mol. The molecule has 0 saturated heterocycles. The number of ether oxygens (including phenoxy) is 1. The number of unbranched alkanes of at least 4 members (excludes halogenated alkanes) is 3. The Labute approximate surface area is 146 Å². The summed E-state index contributed by atoms with van der Waals surface area (Å²) in [6.45, 7) is 5.29. The molecule has 0 heterocycles. The molecule has 2 atom stereocenters. The normalized spacial score (nSPS) is 13.8. The molecule has 2 aromatic rings. The molecule has 0 spiro atoms. The van der Waals surface area contributed by atoms with Gasteiger partial charge in [0.15, 0.2) is 0 Å². The van der Waals surface area contributed by atoms with E-state index in [1.54, 1.807) is 0 Å². The zero-order valence-electron chi connectivity index (χ0n) is 15.0. The lowest BCUT2D eigenvalue weighted by Gasteiger charge is -2.18. The van der Waals surface area contributed by atoms with Crippen LogP contribution in [0.1, 0.15) is 46.0 Å². The van der Waals surface area contributed by atoms with Crippen LogP contribution in [0.5, 0.6) is 5.75 Å². The van der Waals surface area contributed by atoms with Crippen molar-refractivity contribution >= 4 is 10.8 Å². The van der Waals surface area contributed by atoms with E-state index < -0.39 is 6.10 Å². The molecule has 132 valence electrons. The number of rotatable bonds is 11. The van der Waals surface area contributed by atoms with E-state index in [1.807, 2.05) is 30.3 Å². The quantitative estimate of drug-likeness (QED) is 0.595. The van der Waals surface area contributed by atoms with Crippen LogP contribution in [-0.4, -0.2) is 30.4 Å². The number of hydrogen-bond acceptors (Lipinski definition) is 3. The van der Waals surface area contributed by atoms with Crippen LogP contribution in [-0.2, 0) is 0 Å². The molecule has 0 aliphatic heterocycles. The second-order valence-corrected chi connectivity index (χ2v) is 6.60. The fourth-order valence-corrected chi connectivity index (χ4v) is 2.88. The molecule has 2 N–H and O–H groups in total. The van der Waals surface area contributed by atoms with Crippen molar-refractivity contribution in [3.8, 4) is 5.75 Å². The Hall–Kier alpha value is -1.58. The van der Waals surface area contributed by atoms with Crippen molar-refractivity contribution in [1.29, 1.82) is 0 Å². The Morgan fingerprint density at radius 1 is 1.04 bits per heavy atom. The minimum absolute atomic E-state index is 0.309. The number of aliphatic hydroxyl groups excluding tert-OH is 1. The Balaban J connectivity index is 1.72. The molecule has 24 heavy (non-hydrogen) atoms. The second kappa shape index (κ2) is 10.3. The van der Waals surface area contributed by atoms with Crippen molar-refractivity contribution in [2.75, 3.05) is 13.2 Å². The highest BCUT2D eigenvalue weighted by molar-refractivity contribution is 5.88. The molecule has 0 radical (unpaired) electrons. The van der Waals surface area contributed by atoms with Crippen LogP contribution in [0.2, 0.25) is 0 Å². The largest absolute Gasteiger partial charge is 0.490 e. The molecule has 2 aromatic carbocycles. The smallest absolute Gasteiger partial charge is 0.127 e. The Bertz CT molecular complexity index is 594. The number of hydrogen-bond donors (Lipinski definition) is 2. The maximum atomic E-state index is 10.2. The van der Waals surface area contributed by atoms with Gasteiger partial charge in [-0.1, -0.05) is 69.0 Å². The molecule has 0 fully saturated rings. The topological polar surface area (TPSA) is 41.5 Å². The lowest BCUT2D eigenvalue weighted by molar-refractivity contribution is 0.104. The molecule has 0 aliphatic rings. The SMILES string of the molecule is CCCCCC[C@H](C)NC[C@@H](O)COc1cccc2ccccc12. The number of fused-ring (bicyclic) bond motifs is 1. The highest BCUT2D eigenvalue weighted by atomic mass is 16.5. The van der Waals surface area contributed by atoms with Crippen molar-refractivity contribution in [1.82, 2.24) is 5.32 Å². The molecule has 3 nitrogen and oxygen atoms in total. The Morgan fingerprint density at radius 3 is 2.67 bits per heavy atom. The van der Waals surface area contributed by atoms with Gasteiger partial charge in [0.25, 0.3) is 0 Å². The summed E-state index contributed by atoms with van der Waals surface area (Å²) in [6, 6.07) is 14.6. The summed E-state index contributed by atoms with van der Waals surface area (Å²) in [5.41, 5.74) is 0. The second-order valence-electron chi connectivity index (χ2n) is 6.60. The van der Waals surface area contributed by atoms with E-state index in [9.17, 15) is 5.11 Å². The van der Waals surface area contributed by atoms with E-state index in [2.05, 4.69) is 31.3 Å². The fourth-order valence-electron chi connectivity index (χ4n) is 2.88. The number of aliphatic hydroxyl groups is 1. The molecular weight excluding hydrogens is 298 g/mol. The van der Waals surface area contributed by atoms with Gasteiger partial charge < -0.3 is 15.2 Å². The zero-order valence-corrected chi connectivity index (χ0v) is 15.0. The third kappa shape index (κ3) is 6.14.